The molecule has 1 aromatic heterocycles. The number of pyridine rings is 1. The normalized spacial score (nSPS) is 12.5. The van der Waals surface area contributed by atoms with E-state index in [1.165, 1.54) is 33.5 Å². The van der Waals surface area contributed by atoms with E-state index in [1.54, 1.807) is 58.3 Å². The molecule has 2 heterocycles. The number of anilines is 4. The SMILES string of the molecule is CC.Cc1ccc(Nc2c(C(=O)N(C)C)c(N(C=O)c3cccc(OC4COC4)c3)c(C)c(=O)n2C)c(F)c1. The number of ether oxygens (including phenoxy) is 2. The standard InChI is InChI=1S/C27H29FN4O5.C2H6/c1-16-9-10-22(21(28)11-16)29-25-23(27(35)30(3)4)24(17(2)26(34)31(25)5)32(15-33)18-7-6-8-19(12-18)37-20-13-36-14-20;1-2/h6-12,15,20,29H,13-14H2,1-5H3;1-2H3. The summed E-state index contributed by atoms with van der Waals surface area (Å²) in [5, 5.41) is 2.92. The molecule has 1 aliphatic rings. The Bertz CT molecular complexity index is 1420. The van der Waals surface area contributed by atoms with E-state index in [-0.39, 0.29) is 34.4 Å². The minimum atomic E-state index is -0.546. The third kappa shape index (κ3) is 6.12. The van der Waals surface area contributed by atoms with Gasteiger partial charge in [-0.2, -0.15) is 0 Å². The molecule has 0 atom stereocenters. The topological polar surface area (TPSA) is 93.1 Å². The Morgan fingerprint density at radius 1 is 1.15 bits per heavy atom. The molecule has 4 rings (SSSR count). The molecule has 0 aliphatic carbocycles. The van der Waals surface area contributed by atoms with Crippen molar-refractivity contribution in [2.24, 2.45) is 7.05 Å². The minimum absolute atomic E-state index is 0.0374. The molecule has 2 aromatic carbocycles. The molecular weight excluding hydrogens is 503 g/mol. The monoisotopic (exact) mass is 538 g/mol. The smallest absolute Gasteiger partial charge is 0.259 e. The molecule has 1 aliphatic heterocycles. The number of hydrogen-bond acceptors (Lipinski definition) is 6. The highest BCUT2D eigenvalue weighted by Crippen LogP contribution is 2.36. The average Bonchev–Trinajstić information content (AvgIpc) is 2.90. The maximum atomic E-state index is 14.8. The van der Waals surface area contributed by atoms with Crippen molar-refractivity contribution in [3.8, 4) is 5.75 Å². The van der Waals surface area contributed by atoms with E-state index in [0.29, 0.717) is 36.6 Å². The Kier molecular flexibility index (Phi) is 9.47. The number of carbonyl (C=O) groups is 2. The summed E-state index contributed by atoms with van der Waals surface area (Å²) in [5.41, 5.74) is 1.04. The minimum Gasteiger partial charge on any atom is -0.486 e. The van der Waals surface area contributed by atoms with Crippen molar-refractivity contribution in [1.29, 1.82) is 0 Å². The maximum absolute atomic E-state index is 14.8. The molecule has 208 valence electrons. The average molecular weight is 539 g/mol. The predicted molar refractivity (Wildman–Crippen MR) is 150 cm³/mol. The molecule has 0 bridgehead atoms. The van der Waals surface area contributed by atoms with Gasteiger partial charge in [-0.15, -0.1) is 0 Å². The van der Waals surface area contributed by atoms with E-state index >= 15 is 0 Å². The number of amides is 2. The lowest BCUT2D eigenvalue weighted by Crippen LogP contribution is -2.38. The number of hydrogen-bond donors (Lipinski definition) is 1. The van der Waals surface area contributed by atoms with Crippen molar-refractivity contribution in [3.63, 3.8) is 0 Å². The number of nitrogens with zero attached hydrogens (tertiary/aromatic N) is 3. The van der Waals surface area contributed by atoms with Gasteiger partial charge in [0.05, 0.1) is 30.3 Å². The number of halogens is 1. The summed E-state index contributed by atoms with van der Waals surface area (Å²) in [6.07, 6.45) is 0.451. The van der Waals surface area contributed by atoms with Gasteiger partial charge in [-0.3, -0.25) is 23.9 Å². The van der Waals surface area contributed by atoms with Crippen LogP contribution in [0.2, 0.25) is 0 Å². The van der Waals surface area contributed by atoms with Gasteiger partial charge in [0.2, 0.25) is 6.41 Å². The molecule has 1 N–H and O–H groups in total. The Balaban J connectivity index is 0.00000205. The van der Waals surface area contributed by atoms with Crippen LogP contribution in [0.4, 0.5) is 27.3 Å². The van der Waals surface area contributed by atoms with Crippen LogP contribution >= 0.6 is 0 Å². The van der Waals surface area contributed by atoms with Crippen LogP contribution in [0, 0.1) is 19.7 Å². The van der Waals surface area contributed by atoms with Gasteiger partial charge in [0.25, 0.3) is 11.5 Å². The van der Waals surface area contributed by atoms with Crippen molar-refractivity contribution in [1.82, 2.24) is 9.47 Å². The van der Waals surface area contributed by atoms with Gasteiger partial charge in [0, 0.05) is 32.8 Å². The molecule has 9 nitrogen and oxygen atoms in total. The largest absolute Gasteiger partial charge is 0.486 e. The van der Waals surface area contributed by atoms with Gasteiger partial charge >= 0.3 is 0 Å². The van der Waals surface area contributed by atoms with Crippen molar-refractivity contribution < 1.29 is 23.5 Å². The Morgan fingerprint density at radius 2 is 1.85 bits per heavy atom. The van der Waals surface area contributed by atoms with Crippen LogP contribution in [0.25, 0.3) is 0 Å². The second kappa shape index (κ2) is 12.6. The number of nitrogens with one attached hydrogen (secondary N) is 1. The van der Waals surface area contributed by atoms with Crippen molar-refractivity contribution in [2.75, 3.05) is 37.5 Å². The van der Waals surface area contributed by atoms with Gasteiger partial charge in [-0.1, -0.05) is 26.0 Å². The van der Waals surface area contributed by atoms with Crippen LogP contribution < -0.4 is 20.5 Å². The van der Waals surface area contributed by atoms with E-state index < -0.39 is 17.3 Å². The van der Waals surface area contributed by atoms with E-state index in [9.17, 15) is 18.8 Å². The predicted octanol–water partition coefficient (Wildman–Crippen LogP) is 4.68. The quantitative estimate of drug-likeness (QED) is 0.419. The van der Waals surface area contributed by atoms with Gasteiger partial charge in [-0.25, -0.2) is 4.39 Å². The molecular formula is C29H35FN4O5. The number of carbonyl (C=O) groups excluding carboxylic acids is 2. The molecule has 39 heavy (non-hydrogen) atoms. The summed E-state index contributed by atoms with van der Waals surface area (Å²) < 4.78 is 27.0. The molecule has 10 heteroatoms. The number of aromatic nitrogens is 1. The zero-order valence-corrected chi connectivity index (χ0v) is 23.4. The van der Waals surface area contributed by atoms with Crippen molar-refractivity contribution in [3.05, 3.63) is 75.3 Å². The Morgan fingerprint density at radius 3 is 2.41 bits per heavy atom. The zero-order chi connectivity index (χ0) is 28.9. The van der Waals surface area contributed by atoms with Crippen LogP contribution in [0.3, 0.4) is 0 Å². The molecule has 0 saturated carbocycles. The lowest BCUT2D eigenvalue weighted by atomic mass is 10.1. The molecule has 1 saturated heterocycles. The van der Waals surface area contributed by atoms with Crippen molar-refractivity contribution >= 4 is 35.2 Å². The summed E-state index contributed by atoms with van der Waals surface area (Å²) >= 11 is 0. The first-order chi connectivity index (χ1) is 18.6. The second-order valence-electron chi connectivity index (χ2n) is 9.12. The maximum Gasteiger partial charge on any atom is 0.259 e. The molecule has 2 amide bonds. The summed E-state index contributed by atoms with van der Waals surface area (Å²) in [6, 6.07) is 11.4. The first-order valence-electron chi connectivity index (χ1n) is 12.7. The molecule has 3 aromatic rings. The summed E-state index contributed by atoms with van der Waals surface area (Å²) in [6.45, 7) is 8.25. The third-order valence-electron chi connectivity index (χ3n) is 6.14. The van der Waals surface area contributed by atoms with Gasteiger partial charge < -0.3 is 19.7 Å². The fourth-order valence-corrected chi connectivity index (χ4v) is 4.07. The van der Waals surface area contributed by atoms with E-state index in [4.69, 9.17) is 9.47 Å². The fourth-order valence-electron chi connectivity index (χ4n) is 4.07. The first-order valence-corrected chi connectivity index (χ1v) is 12.7. The lowest BCUT2D eigenvalue weighted by molar-refractivity contribution is -0.106. The van der Waals surface area contributed by atoms with E-state index in [2.05, 4.69) is 5.32 Å². The van der Waals surface area contributed by atoms with Gasteiger partial charge in [-0.05, 0) is 43.7 Å². The second-order valence-corrected chi connectivity index (χ2v) is 9.12. The van der Waals surface area contributed by atoms with E-state index in [0.717, 1.165) is 0 Å². The summed E-state index contributed by atoms with van der Waals surface area (Å²) in [5.74, 6) is -0.456. The lowest BCUT2D eigenvalue weighted by Gasteiger charge is -2.29. The third-order valence-corrected chi connectivity index (χ3v) is 6.14. The summed E-state index contributed by atoms with van der Waals surface area (Å²) in [7, 11) is 4.60. The number of benzene rings is 2. The van der Waals surface area contributed by atoms with Crippen LogP contribution in [0.1, 0.15) is 35.3 Å². The zero-order valence-electron chi connectivity index (χ0n) is 23.4. The van der Waals surface area contributed by atoms with E-state index in [1.807, 2.05) is 13.8 Å². The van der Waals surface area contributed by atoms with Crippen molar-refractivity contribution in [2.45, 2.75) is 33.8 Å². The number of aryl methyl sites for hydroxylation is 1. The highest BCUT2D eigenvalue weighted by Gasteiger charge is 2.30. The highest BCUT2D eigenvalue weighted by molar-refractivity contribution is 6.08. The first kappa shape index (κ1) is 29.4. The van der Waals surface area contributed by atoms with Crippen LogP contribution in [-0.2, 0) is 16.6 Å². The molecule has 0 spiro atoms. The van der Waals surface area contributed by atoms with Gasteiger partial charge in [0.1, 0.15) is 29.1 Å². The number of rotatable bonds is 8. The van der Waals surface area contributed by atoms with Crippen LogP contribution in [-0.4, -0.2) is 55.2 Å². The van der Waals surface area contributed by atoms with Gasteiger partial charge in [0.15, 0.2) is 0 Å². The Hall–Kier alpha value is -4.18. The van der Waals surface area contributed by atoms with Crippen LogP contribution in [0.5, 0.6) is 5.75 Å². The molecule has 1 fully saturated rings. The molecule has 0 radical (unpaired) electrons. The Labute approximate surface area is 227 Å². The fraction of sp³-hybridized carbons (Fsp3) is 0.345. The van der Waals surface area contributed by atoms with Crippen LogP contribution in [0.15, 0.2) is 47.3 Å². The highest BCUT2D eigenvalue weighted by atomic mass is 19.1. The molecule has 0 unspecified atom stereocenters. The summed E-state index contributed by atoms with van der Waals surface area (Å²) in [4.78, 5) is 41.9.